The predicted molar refractivity (Wildman–Crippen MR) is 355 cm³/mol. The Hall–Kier alpha value is -4.40. The number of aromatic amines is 1. The van der Waals surface area contributed by atoms with Gasteiger partial charge in [0.2, 0.25) is 0 Å². The first-order valence-electron chi connectivity index (χ1n) is 35.2. The molecule has 18 nitrogen and oxygen atoms in total. The lowest BCUT2D eigenvalue weighted by Crippen LogP contribution is -2.69. The van der Waals surface area contributed by atoms with Gasteiger partial charge in [0.25, 0.3) is 0 Å². The molecule has 6 saturated carbocycles. The molecular formula is C73H101N5O13S2. The molecule has 2 aromatic rings. The van der Waals surface area contributed by atoms with Gasteiger partial charge in [0, 0.05) is 89.1 Å². The molecule has 11 aliphatic rings. The van der Waals surface area contributed by atoms with Crippen LogP contribution in [0, 0.1) is 105 Å². The largest absolute Gasteiger partial charge is 0.508 e. The number of aliphatic imine (C=N–C) groups is 1. The van der Waals surface area contributed by atoms with Crippen LogP contribution in [0.1, 0.15) is 172 Å². The van der Waals surface area contributed by atoms with Crippen LogP contribution < -0.4 is 16.8 Å². The van der Waals surface area contributed by atoms with Crippen molar-refractivity contribution in [2.24, 2.45) is 110 Å². The van der Waals surface area contributed by atoms with Gasteiger partial charge in [-0.25, -0.2) is 0 Å². The Bertz CT molecular complexity index is 3240. The van der Waals surface area contributed by atoms with Crippen molar-refractivity contribution >= 4 is 45.1 Å². The molecule has 3 heterocycles. The number of phenols is 1. The molecule has 1 aromatic carbocycles. The molecule has 9 aliphatic carbocycles. The number of benzene rings is 1. The number of ketones is 2. The number of nitrogens with two attached hydrogens (primary N) is 2. The number of aromatic hydroxyl groups is 1. The van der Waals surface area contributed by atoms with E-state index < -0.39 is 130 Å². The third kappa shape index (κ3) is 11.4. The van der Waals surface area contributed by atoms with Gasteiger partial charge in [-0.2, -0.15) is 0 Å². The predicted octanol–water partition coefficient (Wildman–Crippen LogP) is 7.27. The van der Waals surface area contributed by atoms with E-state index in [-0.39, 0.29) is 105 Å². The number of Topliss-reactive ketones (excluding diaryl/α,β-unsaturated/α-hetero) is 2. The molecule has 0 unspecified atom stereocenters. The van der Waals surface area contributed by atoms with Gasteiger partial charge >= 0.3 is 5.97 Å². The number of carbonyl (C=O) groups excluding carboxylic acids is 3. The minimum Gasteiger partial charge on any atom is -0.508 e. The number of aromatic nitrogens is 1. The third-order valence-corrected chi connectivity index (χ3v) is 29.3. The summed E-state index contributed by atoms with van der Waals surface area (Å²) in [5.41, 5.74) is 7.98. The summed E-state index contributed by atoms with van der Waals surface area (Å²) in [6.07, 6.45) is 10.9. The molecule has 1 spiro atoms. The monoisotopic (exact) mass is 1320 g/mol. The number of phenolic OH excluding ortho intramolecular Hbond substituents is 1. The number of allylic oxidation sites excluding steroid dienone is 3. The van der Waals surface area contributed by atoms with Gasteiger partial charge in [0.05, 0.1) is 54.3 Å². The highest BCUT2D eigenvalue weighted by Crippen LogP contribution is 2.75. The Labute approximate surface area is 555 Å². The molecular weight excluding hydrogens is 1220 g/mol. The number of hydrogen-bond donors (Lipinski definition) is 13. The molecule has 0 radical (unpaired) electrons. The zero-order valence-electron chi connectivity index (χ0n) is 54.1. The maximum absolute atomic E-state index is 17.1. The fourth-order valence-corrected chi connectivity index (χ4v) is 25.7. The summed E-state index contributed by atoms with van der Waals surface area (Å²) < 4.78 is 5.98. The number of nitrogens with zero attached hydrogens (tertiary/aromatic N) is 1. The van der Waals surface area contributed by atoms with Crippen molar-refractivity contribution in [1.82, 2.24) is 10.3 Å². The zero-order chi connectivity index (χ0) is 65.5. The second-order valence-electron chi connectivity index (χ2n) is 31.1. The van der Waals surface area contributed by atoms with Crippen LogP contribution in [0.4, 0.5) is 0 Å². The fraction of sp³-hybridized carbons (Fsp3) is 0.726. The van der Waals surface area contributed by atoms with Crippen molar-refractivity contribution in [2.45, 2.75) is 202 Å². The maximum Gasteiger partial charge on any atom is 0.313 e. The molecule has 2 saturated heterocycles. The van der Waals surface area contributed by atoms with Crippen LogP contribution in [0.5, 0.6) is 5.75 Å². The van der Waals surface area contributed by atoms with Gasteiger partial charge in [0.1, 0.15) is 11.8 Å². The molecule has 22 atom stereocenters. The summed E-state index contributed by atoms with van der Waals surface area (Å²) in [6.45, 7) is 3.25. The highest BCUT2D eigenvalue weighted by Gasteiger charge is 2.76. The summed E-state index contributed by atoms with van der Waals surface area (Å²) in [5, 5.41) is 118. The number of hydrogen-bond acceptors (Lipinski definition) is 17. The van der Waals surface area contributed by atoms with Crippen LogP contribution in [0.3, 0.4) is 0 Å². The molecule has 1 aromatic heterocycles. The number of carbonyl (C=O) groups is 3. The topological polar surface area (TPSA) is 335 Å². The Morgan fingerprint density at radius 3 is 2.32 bits per heavy atom. The second kappa shape index (κ2) is 26.5. The number of esters is 1. The number of guanidine groups is 1. The SMILES string of the molecule is C[C@@H]1CCC2=CC[C@@H]3[C@H](C[C@@H]([C@H]4COC(=O)[C@@H]4c4cc[nH]c4)C#CC[C@H]4C[C@@]5(O)C6=C7N[C@@H](CO)C(=O)C8(CCCC8)[C@@H](c8ccc(O)cc8)CSSC[C@@H]8[C@@H](O)[C@@H](O)C[C@@](C9CCCCC9)([C@@H]8C7=O)[C@H]6CC[C@]5(CCN=C(N)N)[C@H]4[C@@](C)(O)[C@H](O)C[C@H]3C(O)O)[C@@H]2C1. The van der Waals surface area contributed by atoms with E-state index in [1.165, 1.54) is 16.4 Å². The number of ether oxygens (including phenoxy) is 1. The van der Waals surface area contributed by atoms with Crippen molar-refractivity contribution in [3.05, 3.63) is 76.8 Å². The lowest BCUT2D eigenvalue weighted by Gasteiger charge is -2.66. The van der Waals surface area contributed by atoms with Crippen molar-refractivity contribution < 1.29 is 65.1 Å². The van der Waals surface area contributed by atoms with Crippen molar-refractivity contribution in [2.75, 3.05) is 31.3 Å². The van der Waals surface area contributed by atoms with Crippen LogP contribution in [0.15, 0.2) is 70.6 Å². The fourth-order valence-electron chi connectivity index (χ4n) is 22.9. The summed E-state index contributed by atoms with van der Waals surface area (Å²) >= 11 is 0. The van der Waals surface area contributed by atoms with Gasteiger partial charge in [-0.3, -0.25) is 19.4 Å². The van der Waals surface area contributed by atoms with E-state index in [9.17, 15) is 45.6 Å². The van der Waals surface area contributed by atoms with Gasteiger partial charge in [-0.1, -0.05) is 90.3 Å². The van der Waals surface area contributed by atoms with E-state index in [4.69, 9.17) is 16.2 Å². The highest BCUT2D eigenvalue weighted by atomic mass is 33.1. The normalized spacial score (nSPS) is 42.9. The number of aliphatic hydroxyl groups is 8. The molecule has 2 aliphatic heterocycles. The Kier molecular flexibility index (Phi) is 19.1. The van der Waals surface area contributed by atoms with Crippen molar-refractivity contribution in [1.29, 1.82) is 0 Å². The van der Waals surface area contributed by atoms with E-state index in [2.05, 4.69) is 40.1 Å². The summed E-state index contributed by atoms with van der Waals surface area (Å²) in [7, 11) is 3.11. The van der Waals surface area contributed by atoms with E-state index in [1.807, 2.05) is 24.4 Å². The van der Waals surface area contributed by atoms with E-state index in [0.29, 0.717) is 55.1 Å². The summed E-state index contributed by atoms with van der Waals surface area (Å²) in [4.78, 5) is 55.1. The van der Waals surface area contributed by atoms with Gasteiger partial charge in [0.15, 0.2) is 23.8 Å². The zero-order valence-corrected chi connectivity index (χ0v) is 55.8. The van der Waals surface area contributed by atoms with Crippen LogP contribution >= 0.6 is 21.6 Å². The van der Waals surface area contributed by atoms with Crippen LogP contribution in [0.25, 0.3) is 0 Å². The number of fused-ring (bicyclic) bond motifs is 10. The van der Waals surface area contributed by atoms with Crippen LogP contribution in [-0.2, 0) is 19.1 Å². The number of H-pyrrole nitrogens is 1. The van der Waals surface area contributed by atoms with Gasteiger partial charge < -0.3 is 72.5 Å². The molecule has 8 fully saturated rings. The molecule has 2 bridgehead atoms. The average Bonchev–Trinajstić information content (AvgIpc) is 1.64. The van der Waals surface area contributed by atoms with E-state index in [1.54, 1.807) is 36.0 Å². The summed E-state index contributed by atoms with van der Waals surface area (Å²) in [6, 6.07) is 7.50. The maximum atomic E-state index is 17.1. The number of cyclic esters (lactones) is 1. The molecule has 0 amide bonds. The second-order valence-corrected chi connectivity index (χ2v) is 33.6. The Balaban J connectivity index is 1.02. The minimum absolute atomic E-state index is 0.00942. The average molecular weight is 1320 g/mol. The summed E-state index contributed by atoms with van der Waals surface area (Å²) in [5.74, 6) is 0.0182. The first-order valence-corrected chi connectivity index (χ1v) is 37.7. The number of rotatable bonds is 9. The standard InChI is InChI=1S/C73H101N5O13S2/c1-39-13-14-40-17-20-47-49(48(40)29-39)30-42(51-36-91-67(88)58(51)44-22-27-76-34-44)9-8-10-43-32-73(90)60-53(21-25-71(73,26-28-77-68(74)75)64(43)69(2,89)57(82)31-50(47)66(86)87)72(45-11-4-3-5-12-45)33-56(81)62(83)52-37-92-93-38-54(41-15-18-46(80)19-16-41)70(23-6-7-24-70)65(85)55(35-79)78-61(60)63(84)59(52)72/h15-19,22,27,34,39,42-43,45,47-59,62,64,66,76,78-83,86-87,89-90H,3-7,10-14,20-21,23-26,28-33,35-38H2,1-2H3,(H4,74,75,77)/t39-,42+,43+,47-,48-,49+,50-,51-,52+,53+,54-,55+,56+,57-,58-,59+,62-,64-,69+,71+,72+,73-/m1/s1. The van der Waals surface area contributed by atoms with E-state index >= 15 is 14.7 Å². The van der Waals surface area contributed by atoms with Crippen LogP contribution in [-0.4, -0.2) is 148 Å². The van der Waals surface area contributed by atoms with E-state index in [0.717, 1.165) is 75.3 Å². The molecule has 93 heavy (non-hydrogen) atoms. The third-order valence-electron chi connectivity index (χ3n) is 26.8. The van der Waals surface area contributed by atoms with Gasteiger partial charge in [-0.05, 0) is 185 Å². The minimum atomic E-state index is -2.11. The highest BCUT2D eigenvalue weighted by molar-refractivity contribution is 8.76. The van der Waals surface area contributed by atoms with Gasteiger partial charge in [-0.15, -0.1) is 5.92 Å². The molecule has 508 valence electrons. The smallest absolute Gasteiger partial charge is 0.313 e. The molecule has 13 rings (SSSR count). The van der Waals surface area contributed by atoms with Crippen molar-refractivity contribution in [3.63, 3.8) is 0 Å². The quantitative estimate of drug-likeness (QED) is 0.0223. The van der Waals surface area contributed by atoms with Crippen molar-refractivity contribution in [3.8, 4) is 17.6 Å². The molecule has 15 N–H and O–H groups in total. The first-order chi connectivity index (χ1) is 44.6. The van der Waals surface area contributed by atoms with Crippen LogP contribution in [0.2, 0.25) is 0 Å². The lowest BCUT2D eigenvalue weighted by atomic mass is 9.39. The Morgan fingerprint density at radius 2 is 1.61 bits per heavy atom. The lowest BCUT2D eigenvalue weighted by molar-refractivity contribution is -0.208. The first kappa shape index (κ1) is 67.2. The molecule has 20 heteroatoms. The number of nitrogens with one attached hydrogen (secondary N) is 2. The Morgan fingerprint density at radius 1 is 0.860 bits per heavy atom. The number of aliphatic hydroxyl groups excluding tert-OH is 5.